The Morgan fingerprint density at radius 2 is 2.50 bits per heavy atom. The second-order valence-corrected chi connectivity index (χ2v) is 4.56. The molecule has 0 radical (unpaired) electrons. The van der Waals surface area contributed by atoms with Gasteiger partial charge in [-0.2, -0.15) is 0 Å². The first-order valence-electron chi connectivity index (χ1n) is 4.83. The Balaban J connectivity index is 2.29. The zero-order chi connectivity index (χ0) is 10.4. The number of nitrogens with one attached hydrogen (secondary N) is 1. The van der Waals surface area contributed by atoms with E-state index in [1.165, 1.54) is 4.88 Å². The lowest BCUT2D eigenvalue weighted by Crippen LogP contribution is -2.19. The highest BCUT2D eigenvalue weighted by molar-refractivity contribution is 7.11. The molecule has 3 heteroatoms. The van der Waals surface area contributed by atoms with Crippen molar-refractivity contribution in [3.8, 4) is 12.3 Å². The molecule has 1 N–H and O–H groups in total. The fourth-order valence-electron chi connectivity index (χ4n) is 1.17. The Morgan fingerprint density at radius 3 is 3.07 bits per heavy atom. The minimum atomic E-state index is 0.339. The van der Waals surface area contributed by atoms with Crippen LogP contribution in [0.3, 0.4) is 0 Å². The number of hydrogen-bond donors (Lipinski definition) is 1. The van der Waals surface area contributed by atoms with Crippen molar-refractivity contribution >= 4 is 11.3 Å². The lowest BCUT2D eigenvalue weighted by molar-refractivity contribution is 0.560. The van der Waals surface area contributed by atoms with Crippen LogP contribution in [0.1, 0.15) is 35.7 Å². The van der Waals surface area contributed by atoms with Crippen LogP contribution in [0, 0.1) is 19.3 Å². The van der Waals surface area contributed by atoms with E-state index in [1.807, 2.05) is 6.20 Å². The van der Waals surface area contributed by atoms with Crippen molar-refractivity contribution in [3.63, 3.8) is 0 Å². The van der Waals surface area contributed by atoms with Crippen molar-refractivity contribution in [1.82, 2.24) is 10.3 Å². The normalized spacial score (nSPS) is 12.4. The summed E-state index contributed by atoms with van der Waals surface area (Å²) in [6, 6.07) is 0.339. The Kier molecular flexibility index (Phi) is 4.64. The summed E-state index contributed by atoms with van der Waals surface area (Å²) < 4.78 is 0. The molecule has 2 nitrogen and oxygen atoms in total. The van der Waals surface area contributed by atoms with Gasteiger partial charge in [-0.1, -0.05) is 0 Å². The molecule has 0 aromatic carbocycles. The number of terminal acetylenes is 1. The highest BCUT2D eigenvalue weighted by Crippen LogP contribution is 2.18. The number of thiazole rings is 1. The number of nitrogens with zero attached hydrogens (tertiary/aromatic N) is 1. The summed E-state index contributed by atoms with van der Waals surface area (Å²) in [5.41, 5.74) is 0. The van der Waals surface area contributed by atoms with E-state index in [-0.39, 0.29) is 0 Å². The molecular weight excluding hydrogens is 192 g/mol. The standard InChI is InChI=1S/C11H16N2S/c1-4-5-6-7-12-10(3)11-13-8-9(2)14-11/h1,8,10,12H,5-7H2,2-3H3. The van der Waals surface area contributed by atoms with Crippen molar-refractivity contribution in [2.45, 2.75) is 32.7 Å². The predicted octanol–water partition coefficient (Wildman–Crippen LogP) is 2.52. The summed E-state index contributed by atoms with van der Waals surface area (Å²) in [7, 11) is 0. The molecule has 0 saturated carbocycles. The average molecular weight is 208 g/mol. The first-order chi connectivity index (χ1) is 6.74. The number of rotatable bonds is 5. The van der Waals surface area contributed by atoms with E-state index in [1.54, 1.807) is 11.3 Å². The smallest absolute Gasteiger partial charge is 0.109 e. The van der Waals surface area contributed by atoms with Crippen molar-refractivity contribution < 1.29 is 0 Å². The lowest BCUT2D eigenvalue weighted by atomic mass is 10.3. The summed E-state index contributed by atoms with van der Waals surface area (Å²) in [5.74, 6) is 2.63. The Labute approximate surface area is 89.8 Å². The number of aryl methyl sites for hydroxylation is 1. The van der Waals surface area contributed by atoms with E-state index >= 15 is 0 Å². The van der Waals surface area contributed by atoms with E-state index in [0.29, 0.717) is 6.04 Å². The minimum absolute atomic E-state index is 0.339. The molecule has 0 amide bonds. The van der Waals surface area contributed by atoms with Crippen molar-refractivity contribution in [2.24, 2.45) is 0 Å². The Bertz CT molecular complexity index is 311. The number of aromatic nitrogens is 1. The van der Waals surface area contributed by atoms with E-state index in [0.717, 1.165) is 24.4 Å². The van der Waals surface area contributed by atoms with Gasteiger partial charge in [-0.15, -0.1) is 23.7 Å². The summed E-state index contributed by atoms with van der Waals surface area (Å²) >= 11 is 1.75. The van der Waals surface area contributed by atoms with Gasteiger partial charge >= 0.3 is 0 Å². The maximum atomic E-state index is 5.17. The maximum absolute atomic E-state index is 5.17. The first kappa shape index (κ1) is 11.2. The zero-order valence-corrected chi connectivity index (χ0v) is 9.53. The van der Waals surface area contributed by atoms with Crippen molar-refractivity contribution in [3.05, 3.63) is 16.1 Å². The molecule has 0 aliphatic heterocycles. The van der Waals surface area contributed by atoms with Gasteiger partial charge in [-0.05, 0) is 26.8 Å². The molecule has 76 valence electrons. The third kappa shape index (κ3) is 3.49. The van der Waals surface area contributed by atoms with Gasteiger partial charge in [-0.3, -0.25) is 0 Å². The van der Waals surface area contributed by atoms with Gasteiger partial charge in [0.05, 0.1) is 6.04 Å². The monoisotopic (exact) mass is 208 g/mol. The van der Waals surface area contributed by atoms with Gasteiger partial charge in [0.1, 0.15) is 5.01 Å². The van der Waals surface area contributed by atoms with Crippen LogP contribution in [-0.4, -0.2) is 11.5 Å². The molecule has 0 saturated heterocycles. The van der Waals surface area contributed by atoms with Crippen LogP contribution in [0.15, 0.2) is 6.20 Å². The highest BCUT2D eigenvalue weighted by Gasteiger charge is 2.07. The number of unbranched alkanes of at least 4 members (excludes halogenated alkanes) is 1. The molecule has 0 bridgehead atoms. The van der Waals surface area contributed by atoms with Gasteiger partial charge in [-0.25, -0.2) is 4.98 Å². The van der Waals surface area contributed by atoms with E-state index in [4.69, 9.17) is 6.42 Å². The lowest BCUT2D eigenvalue weighted by Gasteiger charge is -2.09. The SMILES string of the molecule is C#CCCCNC(C)c1ncc(C)s1. The predicted molar refractivity (Wildman–Crippen MR) is 61.3 cm³/mol. The van der Waals surface area contributed by atoms with Crippen LogP contribution in [0.2, 0.25) is 0 Å². The third-order valence-electron chi connectivity index (χ3n) is 1.96. The van der Waals surface area contributed by atoms with E-state index < -0.39 is 0 Å². The topological polar surface area (TPSA) is 24.9 Å². The summed E-state index contributed by atoms with van der Waals surface area (Å²) in [4.78, 5) is 5.59. The van der Waals surface area contributed by atoms with Gasteiger partial charge < -0.3 is 5.32 Å². The molecule has 1 aromatic rings. The fourth-order valence-corrected chi connectivity index (χ4v) is 1.97. The Morgan fingerprint density at radius 1 is 1.71 bits per heavy atom. The summed E-state index contributed by atoms with van der Waals surface area (Å²) in [5, 5.41) is 4.56. The summed E-state index contributed by atoms with van der Waals surface area (Å²) in [6.45, 7) is 5.17. The highest BCUT2D eigenvalue weighted by atomic mass is 32.1. The van der Waals surface area contributed by atoms with E-state index in [9.17, 15) is 0 Å². The van der Waals surface area contributed by atoms with Gasteiger partial charge in [0.15, 0.2) is 0 Å². The van der Waals surface area contributed by atoms with E-state index in [2.05, 4.69) is 30.1 Å². The van der Waals surface area contributed by atoms with Crippen molar-refractivity contribution in [2.75, 3.05) is 6.54 Å². The maximum Gasteiger partial charge on any atom is 0.109 e. The quantitative estimate of drug-likeness (QED) is 0.594. The zero-order valence-electron chi connectivity index (χ0n) is 8.71. The molecule has 1 rings (SSSR count). The molecule has 0 spiro atoms. The van der Waals surface area contributed by atoms with Gasteiger partial charge in [0.2, 0.25) is 0 Å². The number of hydrogen-bond acceptors (Lipinski definition) is 3. The second kappa shape index (κ2) is 5.79. The fraction of sp³-hybridized carbons (Fsp3) is 0.545. The average Bonchev–Trinajstić information content (AvgIpc) is 2.59. The molecular formula is C11H16N2S. The van der Waals surface area contributed by atoms with Crippen LogP contribution in [0.4, 0.5) is 0 Å². The van der Waals surface area contributed by atoms with Gasteiger partial charge in [0.25, 0.3) is 0 Å². The first-order valence-corrected chi connectivity index (χ1v) is 5.65. The van der Waals surface area contributed by atoms with Crippen LogP contribution in [0.25, 0.3) is 0 Å². The summed E-state index contributed by atoms with van der Waals surface area (Å²) in [6.07, 6.45) is 8.96. The van der Waals surface area contributed by atoms with Crippen LogP contribution < -0.4 is 5.32 Å². The molecule has 1 heterocycles. The molecule has 1 atom stereocenters. The Hall–Kier alpha value is -0.850. The largest absolute Gasteiger partial charge is 0.308 e. The van der Waals surface area contributed by atoms with Crippen LogP contribution in [0.5, 0.6) is 0 Å². The van der Waals surface area contributed by atoms with Crippen LogP contribution >= 0.6 is 11.3 Å². The van der Waals surface area contributed by atoms with Crippen molar-refractivity contribution in [1.29, 1.82) is 0 Å². The molecule has 0 aliphatic rings. The third-order valence-corrected chi connectivity index (χ3v) is 3.05. The minimum Gasteiger partial charge on any atom is -0.308 e. The molecule has 0 fully saturated rings. The molecule has 0 aliphatic carbocycles. The second-order valence-electron chi connectivity index (χ2n) is 3.29. The molecule has 1 aromatic heterocycles. The molecule has 1 unspecified atom stereocenters. The van der Waals surface area contributed by atoms with Crippen LogP contribution in [-0.2, 0) is 0 Å². The molecule has 14 heavy (non-hydrogen) atoms. The van der Waals surface area contributed by atoms with Gasteiger partial charge in [0, 0.05) is 17.5 Å².